The molecule has 0 heterocycles. The highest BCUT2D eigenvalue weighted by Crippen LogP contribution is 2.38. The third-order valence-electron chi connectivity index (χ3n) is 6.15. The van der Waals surface area contributed by atoms with Crippen molar-refractivity contribution < 1.29 is 14.3 Å². The molecule has 30 heavy (non-hydrogen) atoms. The van der Waals surface area contributed by atoms with E-state index in [9.17, 15) is 9.90 Å². The molecule has 0 saturated carbocycles. The van der Waals surface area contributed by atoms with E-state index < -0.39 is 14.3 Å². The van der Waals surface area contributed by atoms with Crippen LogP contribution in [0, 0.1) is 0 Å². The van der Waals surface area contributed by atoms with E-state index in [1.807, 2.05) is 0 Å². The molecule has 0 aromatic heterocycles. The number of carbonyl (C=O) groups is 1. The number of carboxylic acids is 1. The second-order valence-corrected chi connectivity index (χ2v) is 14.9. The second kappa shape index (κ2) is 16.8. The molecule has 0 aromatic carbocycles. The monoisotopic (exact) mass is 438 g/mol. The van der Waals surface area contributed by atoms with Gasteiger partial charge < -0.3 is 9.53 Å². The second-order valence-electron chi connectivity index (χ2n) is 10.1. The maximum Gasteiger partial charge on any atom is 0.305 e. The van der Waals surface area contributed by atoms with Crippen LogP contribution in [-0.2, 0) is 9.22 Å². The van der Waals surface area contributed by atoms with Gasteiger partial charge in [-0.2, -0.15) is 0 Å². The summed E-state index contributed by atoms with van der Waals surface area (Å²) in [5.74, 6) is -0.749. The van der Waals surface area contributed by atoms with Crippen molar-refractivity contribution in [3.63, 3.8) is 0 Å². The van der Waals surface area contributed by atoms with Crippen LogP contribution in [0.25, 0.3) is 0 Å². The van der Waals surface area contributed by atoms with Gasteiger partial charge in [-0.15, -0.1) is 0 Å². The van der Waals surface area contributed by atoms with Crippen LogP contribution in [0.1, 0.15) is 111 Å². The standard InChI is InChI=1S/C26H50O3Si/c1-7-8-9-10-11-12-13-14-15-16-17-18-19-20-21-22-24(23-25(27)28)29-30(5,6)26(2,3)4/h11-12,14-15,24H,7-10,13,16-23H2,1-6H3,(H,27,28). The quantitative estimate of drug-likeness (QED) is 0.132. The summed E-state index contributed by atoms with van der Waals surface area (Å²) in [6.07, 6.45) is 23.4. The summed E-state index contributed by atoms with van der Waals surface area (Å²) in [4.78, 5) is 11.2. The Bertz CT molecular complexity index is 489. The first-order valence-corrected chi connectivity index (χ1v) is 15.2. The molecule has 0 saturated heterocycles. The van der Waals surface area contributed by atoms with E-state index in [1.165, 1.54) is 57.8 Å². The smallest absolute Gasteiger partial charge is 0.305 e. The molecule has 0 aliphatic heterocycles. The Balaban J connectivity index is 3.89. The highest BCUT2D eigenvalue weighted by Gasteiger charge is 2.39. The van der Waals surface area contributed by atoms with Crippen LogP contribution in [0.3, 0.4) is 0 Å². The van der Waals surface area contributed by atoms with E-state index >= 15 is 0 Å². The van der Waals surface area contributed by atoms with Gasteiger partial charge in [0.2, 0.25) is 0 Å². The number of rotatable bonds is 18. The summed E-state index contributed by atoms with van der Waals surface area (Å²) in [5.41, 5.74) is 0. The average molecular weight is 439 g/mol. The van der Waals surface area contributed by atoms with E-state index in [0.717, 1.165) is 19.3 Å². The lowest BCUT2D eigenvalue weighted by atomic mass is 10.1. The largest absolute Gasteiger partial charge is 0.481 e. The number of aliphatic carboxylic acids is 1. The predicted octanol–water partition coefficient (Wildman–Crippen LogP) is 8.67. The minimum atomic E-state index is -1.92. The van der Waals surface area contributed by atoms with Gasteiger partial charge in [0.05, 0.1) is 12.5 Å². The molecule has 3 nitrogen and oxygen atoms in total. The summed E-state index contributed by atoms with van der Waals surface area (Å²) >= 11 is 0. The fourth-order valence-electron chi connectivity index (χ4n) is 3.17. The first kappa shape index (κ1) is 29.1. The highest BCUT2D eigenvalue weighted by molar-refractivity contribution is 6.74. The number of unbranched alkanes of at least 4 members (excludes halogenated alkanes) is 8. The average Bonchev–Trinajstić information content (AvgIpc) is 2.63. The first-order valence-electron chi connectivity index (χ1n) is 12.3. The van der Waals surface area contributed by atoms with Crippen molar-refractivity contribution in [2.75, 3.05) is 0 Å². The van der Waals surface area contributed by atoms with Gasteiger partial charge >= 0.3 is 5.97 Å². The molecule has 4 heteroatoms. The van der Waals surface area contributed by atoms with Crippen LogP contribution < -0.4 is 0 Å². The van der Waals surface area contributed by atoms with Crippen LogP contribution in [0.5, 0.6) is 0 Å². The molecule has 1 atom stereocenters. The SMILES string of the molecule is CCCCCC=CCC=CCCCCCCCC(CC(=O)O)O[Si](C)(C)C(C)(C)C. The van der Waals surface area contributed by atoms with Crippen molar-refractivity contribution in [2.45, 2.75) is 135 Å². The lowest BCUT2D eigenvalue weighted by molar-refractivity contribution is -0.139. The Morgan fingerprint density at radius 3 is 1.97 bits per heavy atom. The van der Waals surface area contributed by atoms with Gasteiger partial charge in [0.1, 0.15) is 0 Å². The molecule has 0 aliphatic rings. The Hall–Kier alpha value is -0.873. The van der Waals surface area contributed by atoms with Crippen LogP contribution in [0.4, 0.5) is 0 Å². The van der Waals surface area contributed by atoms with Crippen molar-refractivity contribution in [1.82, 2.24) is 0 Å². The minimum Gasteiger partial charge on any atom is -0.481 e. The van der Waals surface area contributed by atoms with E-state index in [1.54, 1.807) is 0 Å². The van der Waals surface area contributed by atoms with Gasteiger partial charge in [-0.25, -0.2) is 0 Å². The zero-order chi connectivity index (χ0) is 22.9. The highest BCUT2D eigenvalue weighted by atomic mass is 28.4. The number of hydrogen-bond acceptors (Lipinski definition) is 2. The number of hydrogen-bond donors (Lipinski definition) is 1. The zero-order valence-corrected chi connectivity index (χ0v) is 21.8. The van der Waals surface area contributed by atoms with E-state index in [2.05, 4.69) is 65.1 Å². The molecule has 0 amide bonds. The van der Waals surface area contributed by atoms with Gasteiger partial charge in [0, 0.05) is 0 Å². The van der Waals surface area contributed by atoms with Crippen LogP contribution >= 0.6 is 0 Å². The Morgan fingerprint density at radius 2 is 1.43 bits per heavy atom. The molecule has 0 aliphatic carbocycles. The van der Waals surface area contributed by atoms with Crippen LogP contribution in [0.2, 0.25) is 18.1 Å². The van der Waals surface area contributed by atoms with Gasteiger partial charge in [0.15, 0.2) is 8.32 Å². The maximum atomic E-state index is 11.2. The molecule has 176 valence electrons. The van der Waals surface area contributed by atoms with E-state index in [-0.39, 0.29) is 17.6 Å². The molecule has 1 N–H and O–H groups in total. The van der Waals surface area contributed by atoms with Gasteiger partial charge in [-0.05, 0) is 56.7 Å². The fourth-order valence-corrected chi connectivity index (χ4v) is 4.56. The molecule has 0 rings (SSSR count). The molecular weight excluding hydrogens is 388 g/mol. The molecule has 1 unspecified atom stereocenters. The molecule has 0 radical (unpaired) electrons. The van der Waals surface area contributed by atoms with Crippen molar-refractivity contribution >= 4 is 14.3 Å². The minimum absolute atomic E-state index is 0.113. The summed E-state index contributed by atoms with van der Waals surface area (Å²) in [6.45, 7) is 13.3. The summed E-state index contributed by atoms with van der Waals surface area (Å²) in [5, 5.41) is 9.35. The molecule has 0 fully saturated rings. The van der Waals surface area contributed by atoms with Crippen molar-refractivity contribution in [1.29, 1.82) is 0 Å². The molecule has 0 spiro atoms. The topological polar surface area (TPSA) is 46.5 Å². The molecule has 0 bridgehead atoms. The van der Waals surface area contributed by atoms with Crippen LogP contribution in [-0.4, -0.2) is 25.5 Å². The first-order chi connectivity index (χ1) is 14.1. The Kier molecular flexibility index (Phi) is 16.3. The Morgan fingerprint density at radius 1 is 0.900 bits per heavy atom. The number of carboxylic acid groups (broad SMARTS) is 1. The number of allylic oxidation sites excluding steroid dienone is 4. The lowest BCUT2D eigenvalue weighted by Gasteiger charge is -2.39. The third-order valence-corrected chi connectivity index (χ3v) is 10.7. The predicted molar refractivity (Wildman–Crippen MR) is 134 cm³/mol. The fraction of sp³-hybridized carbons (Fsp3) is 0.808. The van der Waals surface area contributed by atoms with E-state index in [0.29, 0.717) is 0 Å². The van der Waals surface area contributed by atoms with Crippen molar-refractivity contribution in [3.05, 3.63) is 24.3 Å². The zero-order valence-electron chi connectivity index (χ0n) is 20.8. The summed E-state index contributed by atoms with van der Waals surface area (Å²) < 4.78 is 6.38. The van der Waals surface area contributed by atoms with Gasteiger partial charge in [0.25, 0.3) is 0 Å². The lowest BCUT2D eigenvalue weighted by Crippen LogP contribution is -2.44. The molecular formula is C26H50O3Si. The van der Waals surface area contributed by atoms with Crippen molar-refractivity contribution in [2.24, 2.45) is 0 Å². The van der Waals surface area contributed by atoms with Crippen molar-refractivity contribution in [3.8, 4) is 0 Å². The van der Waals surface area contributed by atoms with Crippen LogP contribution in [0.15, 0.2) is 24.3 Å². The summed E-state index contributed by atoms with van der Waals surface area (Å²) in [7, 11) is -1.92. The molecule has 0 aromatic rings. The Labute approximate surface area is 188 Å². The van der Waals surface area contributed by atoms with Gasteiger partial charge in [-0.1, -0.05) is 90.5 Å². The van der Waals surface area contributed by atoms with E-state index in [4.69, 9.17) is 4.43 Å². The van der Waals surface area contributed by atoms with Gasteiger partial charge in [-0.3, -0.25) is 4.79 Å². The normalized spacial score (nSPS) is 14.1. The third kappa shape index (κ3) is 15.9. The summed E-state index contributed by atoms with van der Waals surface area (Å²) in [6, 6.07) is 0. The maximum absolute atomic E-state index is 11.2.